The van der Waals surface area contributed by atoms with E-state index in [1.807, 2.05) is 27.7 Å². The molecule has 9 heteroatoms. The molecule has 0 amide bonds. The maximum absolute atomic E-state index is 13.1. The molecule has 1 aliphatic carbocycles. The molecule has 0 aliphatic heterocycles. The van der Waals surface area contributed by atoms with E-state index in [4.69, 9.17) is 9.47 Å². The smallest absolute Gasteiger partial charge is 0.317 e. The van der Waals surface area contributed by atoms with Crippen molar-refractivity contribution in [3.05, 3.63) is 39.9 Å². The Morgan fingerprint density at radius 2 is 1.59 bits per heavy atom. The number of rotatable bonds is 8. The first-order valence-corrected chi connectivity index (χ1v) is 10.7. The highest BCUT2D eigenvalue weighted by molar-refractivity contribution is 6.02. The van der Waals surface area contributed by atoms with Crippen LogP contribution in [0.5, 0.6) is 0 Å². The van der Waals surface area contributed by atoms with Gasteiger partial charge < -0.3 is 14.6 Å². The van der Waals surface area contributed by atoms with Crippen LogP contribution in [0, 0.1) is 33.8 Å². The lowest BCUT2D eigenvalue weighted by Gasteiger charge is -2.43. The summed E-state index contributed by atoms with van der Waals surface area (Å²) in [4.78, 5) is 49.4. The van der Waals surface area contributed by atoms with Gasteiger partial charge in [-0.2, -0.15) is 0 Å². The summed E-state index contributed by atoms with van der Waals surface area (Å²) in [6.07, 6.45) is -0.417. The van der Waals surface area contributed by atoms with Crippen molar-refractivity contribution in [3.8, 4) is 0 Å². The summed E-state index contributed by atoms with van der Waals surface area (Å²) in [6.45, 7) is 8.97. The number of benzene rings is 1. The fourth-order valence-corrected chi connectivity index (χ4v) is 3.91. The highest BCUT2D eigenvalue weighted by atomic mass is 16.6. The molecule has 4 atom stereocenters. The molecule has 1 aromatic carbocycles. The molecule has 9 nitrogen and oxygen atoms in total. The van der Waals surface area contributed by atoms with Crippen LogP contribution in [0.2, 0.25) is 0 Å². The van der Waals surface area contributed by atoms with Gasteiger partial charge in [0, 0.05) is 24.5 Å². The normalized spacial score (nSPS) is 25.6. The predicted octanol–water partition coefficient (Wildman–Crippen LogP) is 3.03. The Balaban J connectivity index is 2.55. The van der Waals surface area contributed by atoms with Crippen molar-refractivity contribution < 1.29 is 33.9 Å². The summed E-state index contributed by atoms with van der Waals surface area (Å²) in [5.74, 6) is -5.68. The molecule has 1 fully saturated rings. The Morgan fingerprint density at radius 3 is 2.06 bits per heavy atom. The Bertz CT molecular complexity index is 859. The first kappa shape index (κ1) is 25.5. The summed E-state index contributed by atoms with van der Waals surface area (Å²) < 4.78 is 10.7. The lowest BCUT2D eigenvalue weighted by Crippen LogP contribution is -2.55. The highest BCUT2D eigenvalue weighted by Gasteiger charge is 2.57. The molecule has 2 rings (SSSR count). The number of hydrogen-bond donors (Lipinski definition) is 1. The summed E-state index contributed by atoms with van der Waals surface area (Å²) >= 11 is 0. The van der Waals surface area contributed by atoms with Crippen LogP contribution in [0.25, 0.3) is 0 Å². The van der Waals surface area contributed by atoms with E-state index in [1.165, 1.54) is 31.2 Å². The number of nitro groups is 1. The number of carbonyl (C=O) groups excluding carboxylic acids is 3. The third kappa shape index (κ3) is 5.91. The fraction of sp³-hybridized carbons (Fsp3) is 0.609. The highest BCUT2D eigenvalue weighted by Crippen LogP contribution is 2.47. The van der Waals surface area contributed by atoms with Gasteiger partial charge in [-0.15, -0.1) is 0 Å². The van der Waals surface area contributed by atoms with Crippen molar-refractivity contribution in [3.63, 3.8) is 0 Å². The molecule has 0 bridgehead atoms. The molecule has 0 saturated heterocycles. The van der Waals surface area contributed by atoms with Crippen molar-refractivity contribution >= 4 is 23.4 Å². The zero-order chi connectivity index (χ0) is 24.2. The zero-order valence-electron chi connectivity index (χ0n) is 19.1. The van der Waals surface area contributed by atoms with Crippen LogP contribution in [0.3, 0.4) is 0 Å². The van der Waals surface area contributed by atoms with Crippen LogP contribution < -0.4 is 0 Å². The average Bonchev–Trinajstić information content (AvgIpc) is 2.69. The third-order valence-electron chi connectivity index (χ3n) is 5.38. The Morgan fingerprint density at radius 1 is 1.09 bits per heavy atom. The lowest BCUT2D eigenvalue weighted by atomic mass is 9.61. The summed E-state index contributed by atoms with van der Waals surface area (Å²) in [7, 11) is 0. The number of ether oxygens (including phenoxy) is 2. The number of nitro benzene ring substituents is 1. The van der Waals surface area contributed by atoms with Crippen molar-refractivity contribution in [1.82, 2.24) is 0 Å². The molecular formula is C23H31NO8. The number of aliphatic hydroxyl groups is 1. The number of non-ortho nitro benzene ring substituents is 1. The van der Waals surface area contributed by atoms with Crippen LogP contribution in [0.4, 0.5) is 5.69 Å². The average molecular weight is 450 g/mol. The Kier molecular flexibility index (Phi) is 8.12. The van der Waals surface area contributed by atoms with Crippen LogP contribution in [0.15, 0.2) is 24.3 Å². The van der Waals surface area contributed by atoms with E-state index in [0.717, 1.165) is 0 Å². The monoisotopic (exact) mass is 449 g/mol. The van der Waals surface area contributed by atoms with Crippen LogP contribution in [-0.4, -0.2) is 46.6 Å². The molecule has 176 valence electrons. The molecule has 1 saturated carbocycles. The quantitative estimate of drug-likeness (QED) is 0.277. The second kappa shape index (κ2) is 10.2. The lowest BCUT2D eigenvalue weighted by molar-refractivity contribution is -0.384. The topological polar surface area (TPSA) is 133 Å². The van der Waals surface area contributed by atoms with Crippen molar-refractivity contribution in [2.24, 2.45) is 23.7 Å². The Labute approximate surface area is 187 Å². The summed E-state index contributed by atoms with van der Waals surface area (Å²) in [5.41, 5.74) is -1.62. The summed E-state index contributed by atoms with van der Waals surface area (Å²) in [5, 5.41) is 22.1. The minimum absolute atomic E-state index is 0.0328. The van der Waals surface area contributed by atoms with Gasteiger partial charge in [-0.25, -0.2) is 0 Å². The molecule has 0 spiro atoms. The number of carbonyl (C=O) groups is 3. The van der Waals surface area contributed by atoms with Gasteiger partial charge >= 0.3 is 11.9 Å². The molecule has 0 aromatic heterocycles. The number of hydrogen-bond acceptors (Lipinski definition) is 8. The largest absolute Gasteiger partial charge is 0.465 e. The fourth-order valence-electron chi connectivity index (χ4n) is 3.91. The number of Topliss-reactive ketones (excluding diaryl/α,β-unsaturated/α-hetero) is 1. The van der Waals surface area contributed by atoms with Gasteiger partial charge in [0.05, 0.1) is 29.7 Å². The second-order valence-corrected chi connectivity index (χ2v) is 9.38. The minimum atomic E-state index is -1.77. The van der Waals surface area contributed by atoms with Gasteiger partial charge in [-0.1, -0.05) is 39.8 Å². The van der Waals surface area contributed by atoms with E-state index in [2.05, 4.69) is 0 Å². The molecule has 1 aromatic rings. The SMILES string of the molecule is CC(C)COC(=O)[C@H]1C(=O)C[C@@](C)(O)[C@H](C(=O)OCC(C)C)[C@@H]1c1ccc([N+](=O)[O-])cc1. The first-order chi connectivity index (χ1) is 14.8. The molecule has 0 heterocycles. The van der Waals surface area contributed by atoms with Crippen LogP contribution in [-0.2, 0) is 23.9 Å². The van der Waals surface area contributed by atoms with E-state index in [0.29, 0.717) is 5.56 Å². The molecule has 32 heavy (non-hydrogen) atoms. The Hall–Kier alpha value is -2.81. The van der Waals surface area contributed by atoms with Crippen LogP contribution in [0.1, 0.15) is 52.5 Å². The van der Waals surface area contributed by atoms with Gasteiger partial charge in [0.2, 0.25) is 0 Å². The van der Waals surface area contributed by atoms with Crippen LogP contribution >= 0.6 is 0 Å². The number of esters is 2. The van der Waals surface area contributed by atoms with Crippen molar-refractivity contribution in [2.45, 2.75) is 52.6 Å². The maximum Gasteiger partial charge on any atom is 0.317 e. The minimum Gasteiger partial charge on any atom is -0.465 e. The zero-order valence-corrected chi connectivity index (χ0v) is 19.1. The van der Waals surface area contributed by atoms with Gasteiger partial charge in [0.1, 0.15) is 5.92 Å². The predicted molar refractivity (Wildman–Crippen MR) is 115 cm³/mol. The third-order valence-corrected chi connectivity index (χ3v) is 5.38. The number of ketones is 1. The van der Waals surface area contributed by atoms with E-state index in [-0.39, 0.29) is 30.7 Å². The summed E-state index contributed by atoms with van der Waals surface area (Å²) in [6, 6.07) is 5.25. The number of nitrogens with zero attached hydrogens (tertiary/aromatic N) is 1. The van der Waals surface area contributed by atoms with E-state index in [1.54, 1.807) is 0 Å². The molecular weight excluding hydrogens is 418 g/mol. The van der Waals surface area contributed by atoms with Crippen molar-refractivity contribution in [2.75, 3.05) is 13.2 Å². The maximum atomic E-state index is 13.1. The van der Waals surface area contributed by atoms with E-state index < -0.39 is 52.4 Å². The van der Waals surface area contributed by atoms with Crippen molar-refractivity contribution in [1.29, 1.82) is 0 Å². The van der Waals surface area contributed by atoms with Gasteiger partial charge in [0.25, 0.3) is 5.69 Å². The molecule has 0 unspecified atom stereocenters. The molecule has 1 N–H and O–H groups in total. The molecule has 0 radical (unpaired) electrons. The van der Waals surface area contributed by atoms with E-state index in [9.17, 15) is 29.6 Å². The van der Waals surface area contributed by atoms with E-state index >= 15 is 0 Å². The van der Waals surface area contributed by atoms with Gasteiger partial charge in [0.15, 0.2) is 5.78 Å². The second-order valence-electron chi connectivity index (χ2n) is 9.38. The first-order valence-electron chi connectivity index (χ1n) is 10.7. The van der Waals surface area contributed by atoms with Gasteiger partial charge in [-0.3, -0.25) is 24.5 Å². The van der Waals surface area contributed by atoms with Gasteiger partial charge in [-0.05, 0) is 24.3 Å². The molecule has 1 aliphatic rings. The standard InChI is InChI=1S/C23H31NO8/c1-13(2)11-31-21(26)19-17(25)10-23(5,28)20(22(27)32-12-14(3)4)18(19)15-6-8-16(9-7-15)24(29)30/h6-9,13-14,18-20,28H,10-12H2,1-5H3/t18-,19+,20+,23-/m1/s1.